The number of halogens is 2. The molecule has 4 nitrogen and oxygen atoms in total. The minimum Gasteiger partial charge on any atom is -0.350 e. The molecule has 0 saturated heterocycles. The Bertz CT molecular complexity index is 1200. The van der Waals surface area contributed by atoms with Gasteiger partial charge in [0.2, 0.25) is 0 Å². The zero-order valence-electron chi connectivity index (χ0n) is 16.4. The predicted octanol–water partition coefficient (Wildman–Crippen LogP) is 4.98. The summed E-state index contributed by atoms with van der Waals surface area (Å²) in [6, 6.07) is 17.5. The number of nitrogens with zero attached hydrogens (tertiary/aromatic N) is 1. The van der Waals surface area contributed by atoms with Crippen LogP contribution in [-0.4, -0.2) is 11.8 Å². The van der Waals surface area contributed by atoms with Gasteiger partial charge in [0.15, 0.2) is 11.6 Å². The van der Waals surface area contributed by atoms with Gasteiger partial charge in [0, 0.05) is 11.8 Å². The van der Waals surface area contributed by atoms with Gasteiger partial charge in [-0.25, -0.2) is 13.7 Å². The molecular weight excluding hydrogens is 386 g/mol. The Morgan fingerprint density at radius 3 is 2.17 bits per heavy atom. The van der Waals surface area contributed by atoms with Gasteiger partial charge in [0.25, 0.3) is 11.8 Å². The number of amides is 2. The second-order valence-electron chi connectivity index (χ2n) is 7.10. The van der Waals surface area contributed by atoms with Gasteiger partial charge in [0.1, 0.15) is 5.70 Å². The fourth-order valence-electron chi connectivity index (χ4n) is 3.39. The third-order valence-corrected chi connectivity index (χ3v) is 4.97. The maximum atomic E-state index is 13.7. The Labute approximate surface area is 172 Å². The molecule has 0 atom stereocenters. The van der Waals surface area contributed by atoms with Crippen LogP contribution in [0.15, 0.2) is 72.4 Å². The Hall–Kier alpha value is -3.80. The molecule has 1 N–H and O–H groups in total. The number of benzene rings is 3. The number of carbonyl (C=O) groups excluding carboxylic acids is 2. The van der Waals surface area contributed by atoms with E-state index in [-0.39, 0.29) is 17.0 Å². The van der Waals surface area contributed by atoms with Gasteiger partial charge in [-0.15, -0.1) is 0 Å². The molecule has 3 aromatic carbocycles. The summed E-state index contributed by atoms with van der Waals surface area (Å²) in [7, 11) is 0. The Balaban J connectivity index is 1.84. The zero-order chi connectivity index (χ0) is 21.4. The molecule has 1 aliphatic rings. The van der Waals surface area contributed by atoms with Crippen LogP contribution in [0.5, 0.6) is 0 Å². The van der Waals surface area contributed by atoms with E-state index < -0.39 is 23.4 Å². The lowest BCUT2D eigenvalue weighted by Crippen LogP contribution is -2.33. The first-order valence-corrected chi connectivity index (χ1v) is 9.34. The first-order valence-electron chi connectivity index (χ1n) is 9.34. The minimum atomic E-state index is -1.05. The summed E-state index contributed by atoms with van der Waals surface area (Å²) in [5, 5.41) is 2.83. The van der Waals surface area contributed by atoms with Crippen molar-refractivity contribution in [2.75, 3.05) is 10.2 Å². The minimum absolute atomic E-state index is 0.0121. The number of nitrogens with one attached hydrogen (secondary N) is 1. The van der Waals surface area contributed by atoms with Crippen molar-refractivity contribution in [2.24, 2.45) is 0 Å². The average Bonchev–Trinajstić information content (AvgIpc) is 2.96. The lowest BCUT2D eigenvalue weighted by Gasteiger charge is -2.17. The molecule has 3 aromatic rings. The largest absolute Gasteiger partial charge is 0.350 e. The van der Waals surface area contributed by atoms with E-state index in [1.165, 1.54) is 6.07 Å². The molecule has 1 heterocycles. The molecule has 0 saturated carbocycles. The third-order valence-electron chi connectivity index (χ3n) is 4.97. The zero-order valence-corrected chi connectivity index (χ0v) is 16.4. The SMILES string of the molecule is Cc1ccc(C2=C(Nc3ccc(F)c(F)c3)C(=O)N(c3ccccc3C)C2=O)cc1. The monoisotopic (exact) mass is 404 g/mol. The van der Waals surface area contributed by atoms with Gasteiger partial charge in [-0.3, -0.25) is 9.59 Å². The Morgan fingerprint density at radius 1 is 0.800 bits per heavy atom. The molecule has 0 unspecified atom stereocenters. The molecule has 0 bridgehead atoms. The molecule has 4 rings (SSSR count). The summed E-state index contributed by atoms with van der Waals surface area (Å²) in [5.74, 6) is -3.09. The van der Waals surface area contributed by atoms with Crippen LogP contribution in [0, 0.1) is 25.5 Å². The van der Waals surface area contributed by atoms with Gasteiger partial charge >= 0.3 is 0 Å². The number of anilines is 2. The van der Waals surface area contributed by atoms with E-state index in [9.17, 15) is 18.4 Å². The van der Waals surface area contributed by atoms with Crippen LogP contribution in [0.25, 0.3) is 5.57 Å². The number of rotatable bonds is 4. The molecular formula is C24H18F2N2O2. The van der Waals surface area contributed by atoms with E-state index in [0.29, 0.717) is 11.3 Å². The highest BCUT2D eigenvalue weighted by Gasteiger charge is 2.40. The molecule has 6 heteroatoms. The van der Waals surface area contributed by atoms with Crippen molar-refractivity contribution in [3.05, 3.63) is 101 Å². The summed E-state index contributed by atoms with van der Waals surface area (Å²) in [6.07, 6.45) is 0. The van der Waals surface area contributed by atoms with Crippen molar-refractivity contribution in [1.29, 1.82) is 0 Å². The predicted molar refractivity (Wildman–Crippen MR) is 112 cm³/mol. The first-order chi connectivity index (χ1) is 14.4. The fourth-order valence-corrected chi connectivity index (χ4v) is 3.39. The Morgan fingerprint density at radius 2 is 1.50 bits per heavy atom. The molecule has 0 spiro atoms. The van der Waals surface area contributed by atoms with Crippen molar-refractivity contribution in [1.82, 2.24) is 0 Å². The van der Waals surface area contributed by atoms with Crippen LogP contribution < -0.4 is 10.2 Å². The second-order valence-corrected chi connectivity index (χ2v) is 7.10. The van der Waals surface area contributed by atoms with E-state index in [1.54, 1.807) is 24.3 Å². The highest BCUT2D eigenvalue weighted by molar-refractivity contribution is 6.46. The molecule has 30 heavy (non-hydrogen) atoms. The smallest absolute Gasteiger partial charge is 0.282 e. The number of hydrogen-bond acceptors (Lipinski definition) is 3. The van der Waals surface area contributed by atoms with Gasteiger partial charge in [-0.2, -0.15) is 0 Å². The van der Waals surface area contributed by atoms with Crippen LogP contribution >= 0.6 is 0 Å². The van der Waals surface area contributed by atoms with Crippen LogP contribution in [-0.2, 0) is 9.59 Å². The Kier molecular flexibility index (Phi) is 4.91. The lowest BCUT2D eigenvalue weighted by atomic mass is 10.0. The highest BCUT2D eigenvalue weighted by Crippen LogP contribution is 2.35. The topological polar surface area (TPSA) is 49.4 Å². The van der Waals surface area contributed by atoms with Crippen molar-refractivity contribution in [3.63, 3.8) is 0 Å². The van der Waals surface area contributed by atoms with Crippen molar-refractivity contribution in [2.45, 2.75) is 13.8 Å². The average molecular weight is 404 g/mol. The first kappa shape index (κ1) is 19.5. The summed E-state index contributed by atoms with van der Waals surface area (Å²) in [6.45, 7) is 3.72. The van der Waals surface area contributed by atoms with Crippen LogP contribution in [0.1, 0.15) is 16.7 Å². The summed E-state index contributed by atoms with van der Waals surface area (Å²) < 4.78 is 27.0. The number of hydrogen-bond donors (Lipinski definition) is 1. The summed E-state index contributed by atoms with van der Waals surface area (Å²) in [5.41, 5.74) is 3.14. The van der Waals surface area contributed by atoms with E-state index in [0.717, 1.165) is 28.2 Å². The summed E-state index contributed by atoms with van der Waals surface area (Å²) >= 11 is 0. The molecule has 1 aliphatic heterocycles. The maximum Gasteiger partial charge on any atom is 0.282 e. The van der Waals surface area contributed by atoms with E-state index in [4.69, 9.17) is 0 Å². The fraction of sp³-hybridized carbons (Fsp3) is 0.0833. The van der Waals surface area contributed by atoms with Gasteiger partial charge < -0.3 is 5.32 Å². The van der Waals surface area contributed by atoms with Crippen LogP contribution in [0.2, 0.25) is 0 Å². The van der Waals surface area contributed by atoms with Crippen LogP contribution in [0.3, 0.4) is 0 Å². The second kappa shape index (κ2) is 7.55. The van der Waals surface area contributed by atoms with Gasteiger partial charge in [0.05, 0.1) is 11.3 Å². The number of para-hydroxylation sites is 1. The number of aryl methyl sites for hydroxylation is 2. The van der Waals surface area contributed by atoms with Crippen molar-refractivity contribution >= 4 is 28.8 Å². The molecule has 0 radical (unpaired) electrons. The maximum absolute atomic E-state index is 13.7. The van der Waals surface area contributed by atoms with Gasteiger partial charge in [-0.1, -0.05) is 48.0 Å². The lowest BCUT2D eigenvalue weighted by molar-refractivity contribution is -0.120. The molecule has 0 fully saturated rings. The molecule has 0 aromatic heterocycles. The normalized spacial score (nSPS) is 13.9. The highest BCUT2D eigenvalue weighted by atomic mass is 19.2. The standard InChI is InChI=1S/C24H18F2N2O2/c1-14-7-9-16(10-8-14)21-22(27-17-11-12-18(25)19(26)13-17)24(30)28(23(21)29)20-6-4-3-5-15(20)2/h3-13,27H,1-2H3. The van der Waals surface area contributed by atoms with E-state index in [2.05, 4.69) is 5.32 Å². The third kappa shape index (κ3) is 3.37. The van der Waals surface area contributed by atoms with Gasteiger partial charge in [-0.05, 0) is 43.2 Å². The molecule has 150 valence electrons. The van der Waals surface area contributed by atoms with Crippen molar-refractivity contribution < 1.29 is 18.4 Å². The van der Waals surface area contributed by atoms with E-state index >= 15 is 0 Å². The molecule has 0 aliphatic carbocycles. The van der Waals surface area contributed by atoms with Crippen molar-refractivity contribution in [3.8, 4) is 0 Å². The molecule has 2 amide bonds. The number of imide groups is 1. The van der Waals surface area contributed by atoms with E-state index in [1.807, 2.05) is 38.1 Å². The number of carbonyl (C=O) groups is 2. The van der Waals surface area contributed by atoms with Crippen LogP contribution in [0.4, 0.5) is 20.2 Å². The quantitative estimate of drug-likeness (QED) is 0.624. The summed E-state index contributed by atoms with van der Waals surface area (Å²) in [4.78, 5) is 27.7.